The van der Waals surface area contributed by atoms with Crippen molar-refractivity contribution < 1.29 is 19.0 Å². The summed E-state index contributed by atoms with van der Waals surface area (Å²) in [6.45, 7) is 5.75. The smallest absolute Gasteiger partial charge is 0.407 e. The zero-order valence-electron chi connectivity index (χ0n) is 15.5. The van der Waals surface area contributed by atoms with Gasteiger partial charge in [0.15, 0.2) is 0 Å². The molecule has 3 rings (SSSR count). The fourth-order valence-electron chi connectivity index (χ4n) is 3.16. The van der Waals surface area contributed by atoms with E-state index < -0.39 is 6.09 Å². The summed E-state index contributed by atoms with van der Waals surface area (Å²) >= 11 is 0. The predicted octanol–water partition coefficient (Wildman–Crippen LogP) is 3.55. The molecule has 0 atom stereocenters. The summed E-state index contributed by atoms with van der Waals surface area (Å²) in [5.41, 5.74) is 2.99. The van der Waals surface area contributed by atoms with Gasteiger partial charge < -0.3 is 14.7 Å². The van der Waals surface area contributed by atoms with Crippen LogP contribution >= 0.6 is 0 Å². The third kappa shape index (κ3) is 5.44. The van der Waals surface area contributed by atoms with E-state index in [4.69, 9.17) is 9.84 Å². The molecule has 1 fully saturated rings. The molecule has 1 amide bonds. The van der Waals surface area contributed by atoms with Crippen molar-refractivity contribution in [3.05, 3.63) is 65.0 Å². The van der Waals surface area contributed by atoms with Gasteiger partial charge in [0, 0.05) is 39.1 Å². The molecule has 0 radical (unpaired) electrons. The van der Waals surface area contributed by atoms with Crippen LogP contribution in [0.4, 0.5) is 9.18 Å². The highest BCUT2D eigenvalue weighted by atomic mass is 19.1. The largest absolute Gasteiger partial charge is 0.493 e. The lowest BCUT2D eigenvalue weighted by Gasteiger charge is -2.33. The van der Waals surface area contributed by atoms with Crippen LogP contribution in [0.25, 0.3) is 0 Å². The molecule has 0 unspecified atom stereocenters. The predicted molar refractivity (Wildman–Crippen MR) is 102 cm³/mol. The van der Waals surface area contributed by atoms with Crippen LogP contribution in [0, 0.1) is 12.7 Å². The number of carboxylic acid groups (broad SMARTS) is 1. The number of hydrogen-bond acceptors (Lipinski definition) is 3. The van der Waals surface area contributed by atoms with Crippen molar-refractivity contribution in [2.45, 2.75) is 19.9 Å². The van der Waals surface area contributed by atoms with E-state index in [1.807, 2.05) is 0 Å². The number of benzene rings is 2. The van der Waals surface area contributed by atoms with Gasteiger partial charge in [-0.2, -0.15) is 0 Å². The van der Waals surface area contributed by atoms with Gasteiger partial charge in [-0.25, -0.2) is 9.18 Å². The lowest BCUT2D eigenvalue weighted by molar-refractivity contribution is 0.103. The highest BCUT2D eigenvalue weighted by Crippen LogP contribution is 2.16. The Labute approximate surface area is 159 Å². The van der Waals surface area contributed by atoms with Crippen LogP contribution in [0.5, 0.6) is 5.75 Å². The summed E-state index contributed by atoms with van der Waals surface area (Å²) in [4.78, 5) is 14.7. The molecule has 144 valence electrons. The minimum absolute atomic E-state index is 0.220. The molecule has 2 aromatic rings. The quantitative estimate of drug-likeness (QED) is 0.843. The average molecular weight is 372 g/mol. The number of rotatable bonds is 6. The third-order valence-electron chi connectivity index (χ3n) is 4.86. The van der Waals surface area contributed by atoms with Crippen molar-refractivity contribution in [2.75, 3.05) is 32.8 Å². The van der Waals surface area contributed by atoms with Gasteiger partial charge >= 0.3 is 6.09 Å². The van der Waals surface area contributed by atoms with Crippen molar-refractivity contribution in [3.63, 3.8) is 0 Å². The second-order valence-corrected chi connectivity index (χ2v) is 6.87. The van der Waals surface area contributed by atoms with Gasteiger partial charge in [-0.05, 0) is 41.8 Å². The van der Waals surface area contributed by atoms with Gasteiger partial charge in [-0.15, -0.1) is 0 Å². The second kappa shape index (κ2) is 8.86. The molecule has 1 aliphatic rings. The minimum atomic E-state index is -0.836. The minimum Gasteiger partial charge on any atom is -0.493 e. The van der Waals surface area contributed by atoms with E-state index in [0.717, 1.165) is 26.1 Å². The fraction of sp³-hybridized carbons (Fsp3) is 0.381. The highest BCUT2D eigenvalue weighted by Gasteiger charge is 2.20. The van der Waals surface area contributed by atoms with E-state index in [-0.39, 0.29) is 5.82 Å². The number of aryl methyl sites for hydroxylation is 1. The van der Waals surface area contributed by atoms with Crippen LogP contribution in [0.15, 0.2) is 42.5 Å². The maximum absolute atomic E-state index is 13.3. The maximum Gasteiger partial charge on any atom is 0.407 e. The molecule has 1 heterocycles. The first kappa shape index (κ1) is 19.2. The van der Waals surface area contributed by atoms with Gasteiger partial charge in [-0.1, -0.05) is 24.3 Å². The number of halogens is 1. The van der Waals surface area contributed by atoms with Gasteiger partial charge in [0.05, 0.1) is 6.61 Å². The molecule has 1 saturated heterocycles. The molecule has 0 saturated carbocycles. The van der Waals surface area contributed by atoms with E-state index in [0.29, 0.717) is 31.0 Å². The Morgan fingerprint density at radius 2 is 1.74 bits per heavy atom. The average Bonchev–Trinajstić information content (AvgIpc) is 2.66. The zero-order chi connectivity index (χ0) is 19.2. The van der Waals surface area contributed by atoms with Gasteiger partial charge in [0.25, 0.3) is 0 Å². The van der Waals surface area contributed by atoms with E-state index in [2.05, 4.69) is 29.2 Å². The fourth-order valence-corrected chi connectivity index (χ4v) is 3.16. The van der Waals surface area contributed by atoms with Crippen molar-refractivity contribution in [3.8, 4) is 5.75 Å². The number of ether oxygens (including phenoxy) is 1. The zero-order valence-corrected chi connectivity index (χ0v) is 15.5. The van der Waals surface area contributed by atoms with E-state index in [1.54, 1.807) is 19.1 Å². The molecule has 5 nitrogen and oxygen atoms in total. The van der Waals surface area contributed by atoms with Crippen molar-refractivity contribution >= 4 is 6.09 Å². The highest BCUT2D eigenvalue weighted by molar-refractivity contribution is 5.65. The molecule has 0 spiro atoms. The SMILES string of the molecule is Cc1cc(OCCc2ccc(CN3CCN(C(=O)O)CC3)cc2)ccc1F. The normalized spacial score (nSPS) is 15.0. The molecule has 1 N–H and O–H groups in total. The number of nitrogens with zero attached hydrogens (tertiary/aromatic N) is 2. The van der Waals surface area contributed by atoms with Crippen molar-refractivity contribution in [2.24, 2.45) is 0 Å². The van der Waals surface area contributed by atoms with E-state index >= 15 is 0 Å². The molecule has 0 aromatic heterocycles. The first-order valence-corrected chi connectivity index (χ1v) is 9.18. The van der Waals surface area contributed by atoms with Crippen LogP contribution in [-0.4, -0.2) is 53.8 Å². The van der Waals surface area contributed by atoms with Crippen molar-refractivity contribution in [1.29, 1.82) is 0 Å². The van der Waals surface area contributed by atoms with Crippen LogP contribution < -0.4 is 4.74 Å². The molecule has 1 aliphatic heterocycles. The lowest BCUT2D eigenvalue weighted by atomic mass is 10.1. The molecular weight excluding hydrogens is 347 g/mol. The lowest BCUT2D eigenvalue weighted by Crippen LogP contribution is -2.47. The van der Waals surface area contributed by atoms with Crippen LogP contribution in [0.1, 0.15) is 16.7 Å². The van der Waals surface area contributed by atoms with Crippen LogP contribution in [0.3, 0.4) is 0 Å². The number of piperazine rings is 1. The molecule has 6 heteroatoms. The summed E-state index contributed by atoms with van der Waals surface area (Å²) in [6.07, 6.45) is -0.0504. The molecule has 0 aliphatic carbocycles. The van der Waals surface area contributed by atoms with E-state index in [9.17, 15) is 9.18 Å². The summed E-state index contributed by atoms with van der Waals surface area (Å²) in [7, 11) is 0. The number of hydrogen-bond donors (Lipinski definition) is 1. The van der Waals surface area contributed by atoms with Crippen LogP contribution in [-0.2, 0) is 13.0 Å². The molecule has 0 bridgehead atoms. The maximum atomic E-state index is 13.3. The first-order valence-electron chi connectivity index (χ1n) is 9.18. The number of amides is 1. The van der Waals surface area contributed by atoms with Crippen molar-refractivity contribution in [1.82, 2.24) is 9.80 Å². The Morgan fingerprint density at radius 3 is 2.37 bits per heavy atom. The first-order chi connectivity index (χ1) is 13.0. The summed E-state index contributed by atoms with van der Waals surface area (Å²) in [6, 6.07) is 13.2. The Bertz CT molecular complexity index is 771. The summed E-state index contributed by atoms with van der Waals surface area (Å²) < 4.78 is 19.0. The van der Waals surface area contributed by atoms with Gasteiger partial charge in [0.1, 0.15) is 11.6 Å². The summed E-state index contributed by atoms with van der Waals surface area (Å²) in [5.74, 6) is 0.466. The Kier molecular flexibility index (Phi) is 6.29. The standard InChI is InChI=1S/C21H25FN2O3/c1-16-14-19(6-7-20(16)22)27-13-8-17-2-4-18(5-3-17)15-23-9-11-24(12-10-23)21(25)26/h2-7,14H,8-13,15H2,1H3,(H,25,26). The molecular formula is C21H25FN2O3. The van der Waals surface area contributed by atoms with Gasteiger partial charge in [-0.3, -0.25) is 4.90 Å². The molecule has 27 heavy (non-hydrogen) atoms. The topological polar surface area (TPSA) is 53.0 Å². The number of carbonyl (C=O) groups is 1. The Balaban J connectivity index is 1.43. The monoisotopic (exact) mass is 372 g/mol. The Hall–Kier alpha value is -2.60. The summed E-state index contributed by atoms with van der Waals surface area (Å²) in [5, 5.41) is 8.99. The van der Waals surface area contributed by atoms with Gasteiger partial charge in [0.2, 0.25) is 0 Å². The molecule has 2 aromatic carbocycles. The Morgan fingerprint density at radius 1 is 1.07 bits per heavy atom. The second-order valence-electron chi connectivity index (χ2n) is 6.87. The van der Waals surface area contributed by atoms with Crippen LogP contribution in [0.2, 0.25) is 0 Å². The van der Waals surface area contributed by atoms with E-state index in [1.165, 1.54) is 22.1 Å². The third-order valence-corrected chi connectivity index (χ3v) is 4.86.